The molecule has 0 saturated heterocycles. The van der Waals surface area contributed by atoms with E-state index in [1.807, 2.05) is 25.1 Å². The van der Waals surface area contributed by atoms with Gasteiger partial charge in [-0.05, 0) is 43.4 Å². The van der Waals surface area contributed by atoms with E-state index in [-0.39, 0.29) is 18.1 Å². The van der Waals surface area contributed by atoms with Crippen molar-refractivity contribution < 1.29 is 9.90 Å². The Hall–Kier alpha value is -0.870. The minimum Gasteiger partial charge on any atom is -0.391 e. The smallest absolute Gasteiger partial charge is 0.224 e. The maximum atomic E-state index is 11.9. The summed E-state index contributed by atoms with van der Waals surface area (Å²) in [5, 5.41) is 12.6. The quantitative estimate of drug-likeness (QED) is 0.900. The van der Waals surface area contributed by atoms with Crippen molar-refractivity contribution in [2.45, 2.75) is 44.8 Å². The number of benzene rings is 1. The van der Waals surface area contributed by atoms with Crippen LogP contribution in [0.1, 0.15) is 30.4 Å². The number of carbonyl (C=O) groups excluding carboxylic acids is 1. The number of carbonyl (C=O) groups is 1. The van der Waals surface area contributed by atoms with Crippen LogP contribution >= 0.6 is 15.9 Å². The molecule has 4 heteroatoms. The number of hydrogen-bond donors (Lipinski definition) is 2. The van der Waals surface area contributed by atoms with Crippen LogP contribution in [0.5, 0.6) is 0 Å². The first-order chi connectivity index (χ1) is 8.56. The second-order valence-corrected chi connectivity index (χ2v) is 5.79. The number of halogens is 1. The molecule has 2 rings (SSSR count). The lowest BCUT2D eigenvalue weighted by atomic mass is 10.1. The van der Waals surface area contributed by atoms with Crippen molar-refractivity contribution in [2.24, 2.45) is 0 Å². The zero-order valence-electron chi connectivity index (χ0n) is 10.4. The molecule has 1 fully saturated rings. The maximum absolute atomic E-state index is 11.9. The number of rotatable bonds is 3. The van der Waals surface area contributed by atoms with Crippen molar-refractivity contribution in [1.82, 2.24) is 5.32 Å². The van der Waals surface area contributed by atoms with Gasteiger partial charge in [-0.3, -0.25) is 4.79 Å². The highest BCUT2D eigenvalue weighted by Crippen LogP contribution is 2.20. The fourth-order valence-electron chi connectivity index (χ4n) is 2.30. The third-order valence-electron chi connectivity index (χ3n) is 3.43. The second-order valence-electron chi connectivity index (χ2n) is 4.93. The Balaban J connectivity index is 1.92. The van der Waals surface area contributed by atoms with Gasteiger partial charge in [0.2, 0.25) is 5.91 Å². The van der Waals surface area contributed by atoms with E-state index >= 15 is 0 Å². The van der Waals surface area contributed by atoms with Gasteiger partial charge in [-0.15, -0.1) is 0 Å². The Morgan fingerprint density at radius 1 is 1.50 bits per heavy atom. The fourth-order valence-corrected chi connectivity index (χ4v) is 2.72. The average molecular weight is 312 g/mol. The normalized spacial score (nSPS) is 23.1. The minimum atomic E-state index is -0.376. The third kappa shape index (κ3) is 3.33. The van der Waals surface area contributed by atoms with E-state index in [1.165, 1.54) is 0 Å². The lowest BCUT2D eigenvalue weighted by molar-refractivity contribution is -0.121. The van der Waals surface area contributed by atoms with Crippen molar-refractivity contribution in [3.05, 3.63) is 33.8 Å². The third-order valence-corrected chi connectivity index (χ3v) is 4.28. The molecule has 18 heavy (non-hydrogen) atoms. The van der Waals surface area contributed by atoms with Crippen LogP contribution < -0.4 is 5.32 Å². The highest BCUT2D eigenvalue weighted by Gasteiger charge is 2.26. The zero-order chi connectivity index (χ0) is 13.1. The van der Waals surface area contributed by atoms with Gasteiger partial charge in [-0.1, -0.05) is 28.1 Å². The molecule has 1 aliphatic rings. The number of amides is 1. The maximum Gasteiger partial charge on any atom is 0.224 e. The molecule has 2 atom stereocenters. The SMILES string of the molecule is Cc1ccc(CC(=O)N[C@@H]2CCC[C@H]2O)cc1Br. The van der Waals surface area contributed by atoms with E-state index in [2.05, 4.69) is 21.2 Å². The largest absolute Gasteiger partial charge is 0.391 e. The van der Waals surface area contributed by atoms with Gasteiger partial charge in [0, 0.05) is 4.47 Å². The van der Waals surface area contributed by atoms with Crippen LogP contribution in [0.25, 0.3) is 0 Å². The van der Waals surface area contributed by atoms with Gasteiger partial charge in [0.1, 0.15) is 0 Å². The summed E-state index contributed by atoms with van der Waals surface area (Å²) >= 11 is 3.46. The molecule has 1 aliphatic carbocycles. The molecule has 1 saturated carbocycles. The van der Waals surface area contributed by atoms with Crippen LogP contribution in [0.2, 0.25) is 0 Å². The summed E-state index contributed by atoms with van der Waals surface area (Å²) in [6, 6.07) is 5.87. The molecule has 0 bridgehead atoms. The Morgan fingerprint density at radius 3 is 2.89 bits per heavy atom. The summed E-state index contributed by atoms with van der Waals surface area (Å²) in [6.45, 7) is 2.02. The molecular weight excluding hydrogens is 294 g/mol. The molecular formula is C14H18BrNO2. The average Bonchev–Trinajstić information content (AvgIpc) is 2.70. The molecule has 0 aromatic heterocycles. The Kier molecular flexibility index (Phi) is 4.40. The first kappa shape index (κ1) is 13.6. The number of aliphatic hydroxyl groups excluding tert-OH is 1. The highest BCUT2D eigenvalue weighted by atomic mass is 79.9. The standard InChI is InChI=1S/C14H18BrNO2/c1-9-5-6-10(7-11(9)15)8-14(18)16-12-3-2-4-13(12)17/h5-7,12-13,17H,2-4,8H2,1H3,(H,16,18)/t12-,13-/m1/s1. The molecule has 0 spiro atoms. The van der Waals surface area contributed by atoms with E-state index in [9.17, 15) is 9.90 Å². The topological polar surface area (TPSA) is 49.3 Å². The molecule has 0 heterocycles. The Morgan fingerprint density at radius 2 is 2.28 bits per heavy atom. The van der Waals surface area contributed by atoms with Crippen LogP contribution in [0.4, 0.5) is 0 Å². The predicted octanol–water partition coefficient (Wildman–Crippen LogP) is 2.33. The number of hydrogen-bond acceptors (Lipinski definition) is 2. The molecule has 1 aromatic rings. The van der Waals surface area contributed by atoms with Gasteiger partial charge >= 0.3 is 0 Å². The van der Waals surface area contributed by atoms with Gasteiger partial charge in [-0.25, -0.2) is 0 Å². The van der Waals surface area contributed by atoms with Crippen molar-refractivity contribution >= 4 is 21.8 Å². The van der Waals surface area contributed by atoms with Crippen molar-refractivity contribution in [3.8, 4) is 0 Å². The summed E-state index contributed by atoms with van der Waals surface area (Å²) in [5.74, 6) is -0.0169. The van der Waals surface area contributed by atoms with E-state index in [0.717, 1.165) is 34.9 Å². The van der Waals surface area contributed by atoms with Crippen LogP contribution in [-0.4, -0.2) is 23.2 Å². The number of aryl methyl sites for hydroxylation is 1. The van der Waals surface area contributed by atoms with Crippen molar-refractivity contribution in [3.63, 3.8) is 0 Å². The molecule has 0 unspecified atom stereocenters. The molecule has 1 aromatic carbocycles. The summed E-state index contributed by atoms with van der Waals surface area (Å²) in [5.41, 5.74) is 2.14. The summed E-state index contributed by atoms with van der Waals surface area (Å²) in [6.07, 6.45) is 2.65. The minimum absolute atomic E-state index is 0.0169. The summed E-state index contributed by atoms with van der Waals surface area (Å²) in [4.78, 5) is 11.9. The molecule has 0 radical (unpaired) electrons. The Labute approximate surface area is 116 Å². The molecule has 1 amide bonds. The zero-order valence-corrected chi connectivity index (χ0v) is 12.0. The highest BCUT2D eigenvalue weighted by molar-refractivity contribution is 9.10. The van der Waals surface area contributed by atoms with E-state index < -0.39 is 0 Å². The Bertz CT molecular complexity index is 447. The van der Waals surface area contributed by atoms with Crippen LogP contribution in [0, 0.1) is 6.92 Å². The van der Waals surface area contributed by atoms with Crippen molar-refractivity contribution in [2.75, 3.05) is 0 Å². The van der Waals surface area contributed by atoms with Gasteiger partial charge in [0.15, 0.2) is 0 Å². The van der Waals surface area contributed by atoms with E-state index in [4.69, 9.17) is 0 Å². The first-order valence-electron chi connectivity index (χ1n) is 6.28. The monoisotopic (exact) mass is 311 g/mol. The van der Waals surface area contributed by atoms with E-state index in [1.54, 1.807) is 0 Å². The fraction of sp³-hybridized carbons (Fsp3) is 0.500. The van der Waals surface area contributed by atoms with Crippen molar-refractivity contribution in [1.29, 1.82) is 0 Å². The molecule has 0 aliphatic heterocycles. The number of nitrogens with one attached hydrogen (secondary N) is 1. The van der Waals surface area contributed by atoms with Gasteiger partial charge in [0.25, 0.3) is 0 Å². The van der Waals surface area contributed by atoms with Gasteiger partial charge < -0.3 is 10.4 Å². The molecule has 98 valence electrons. The second kappa shape index (κ2) is 5.85. The number of aliphatic hydroxyl groups is 1. The lowest BCUT2D eigenvalue weighted by Crippen LogP contribution is -2.40. The van der Waals surface area contributed by atoms with Crippen LogP contribution in [-0.2, 0) is 11.2 Å². The summed E-state index contributed by atoms with van der Waals surface area (Å²) < 4.78 is 1.02. The lowest BCUT2D eigenvalue weighted by Gasteiger charge is -2.16. The van der Waals surface area contributed by atoms with Gasteiger partial charge in [0.05, 0.1) is 18.6 Å². The first-order valence-corrected chi connectivity index (χ1v) is 7.08. The molecule has 2 N–H and O–H groups in total. The summed E-state index contributed by atoms with van der Waals surface area (Å²) in [7, 11) is 0. The van der Waals surface area contributed by atoms with Gasteiger partial charge in [-0.2, -0.15) is 0 Å². The van der Waals surface area contributed by atoms with E-state index in [0.29, 0.717) is 6.42 Å². The predicted molar refractivity (Wildman–Crippen MR) is 74.4 cm³/mol. The molecule has 3 nitrogen and oxygen atoms in total. The van der Waals surface area contributed by atoms with Crippen LogP contribution in [0.15, 0.2) is 22.7 Å². The van der Waals surface area contributed by atoms with Crippen LogP contribution in [0.3, 0.4) is 0 Å².